The maximum atomic E-state index is 7.14. The van der Waals surface area contributed by atoms with E-state index in [4.69, 9.17) is 13.9 Å². The summed E-state index contributed by atoms with van der Waals surface area (Å²) in [5.74, 6) is 2.78. The molecule has 14 rings (SSSR count). The average molecular weight is 832 g/mol. The lowest BCUT2D eigenvalue weighted by atomic mass is 9.70. The molecule has 0 unspecified atom stereocenters. The van der Waals surface area contributed by atoms with Crippen LogP contribution in [0.4, 0.5) is 17.1 Å². The Labute approximate surface area is 375 Å². The molecule has 4 nitrogen and oxygen atoms in total. The zero-order chi connectivity index (χ0) is 42.6. The Morgan fingerprint density at radius 2 is 0.892 bits per heavy atom. The monoisotopic (exact) mass is 831 g/mol. The Hall–Kier alpha value is -8.60. The number of rotatable bonds is 5. The molecule has 2 aliphatic carbocycles. The molecule has 65 heavy (non-hydrogen) atoms. The summed E-state index contributed by atoms with van der Waals surface area (Å²) >= 11 is 0. The molecule has 0 amide bonds. The van der Waals surface area contributed by atoms with Gasteiger partial charge < -0.3 is 18.8 Å². The Balaban J connectivity index is 0.922. The molecule has 1 aromatic heterocycles. The van der Waals surface area contributed by atoms with Gasteiger partial charge in [-0.25, -0.2) is 0 Å². The standard InChI is InChI=1S/C61H37NO3/c1-2-16-38(17-3-1)39-18-12-20-41(34-39)62(53-30-15-32-55-59(53)47-25-7-11-31-54(47)63-55)42-21-13-19-40(35-42)43-26-14-33-56-60(43)65-58-37-52-48(36-57(58)64-56)46-24-6-10-29-51(46)61(52)49-27-8-4-22-44(49)45-23-5-9-28-50(45)61/h1-37H. The zero-order valence-electron chi connectivity index (χ0n) is 35.0. The van der Waals surface area contributed by atoms with Crippen LogP contribution in [-0.4, -0.2) is 0 Å². The molecular formula is C61H37NO3. The van der Waals surface area contributed by atoms with Gasteiger partial charge in [-0.2, -0.15) is 0 Å². The number of para-hydroxylation sites is 2. The molecule has 0 radical (unpaired) electrons. The minimum atomic E-state index is -0.490. The predicted molar refractivity (Wildman–Crippen MR) is 262 cm³/mol. The molecule has 11 aromatic rings. The summed E-state index contributed by atoms with van der Waals surface area (Å²) in [5.41, 5.74) is 18.5. The number of nitrogens with zero attached hydrogens (tertiary/aromatic N) is 1. The number of benzene rings is 10. The predicted octanol–water partition coefficient (Wildman–Crippen LogP) is 16.6. The molecular weight excluding hydrogens is 795 g/mol. The number of hydrogen-bond donors (Lipinski definition) is 0. The minimum absolute atomic E-state index is 0.490. The molecule has 10 aromatic carbocycles. The third-order valence-electron chi connectivity index (χ3n) is 13.7. The van der Waals surface area contributed by atoms with Crippen molar-refractivity contribution in [2.75, 3.05) is 4.90 Å². The van der Waals surface area contributed by atoms with E-state index in [1.54, 1.807) is 0 Å². The maximum Gasteiger partial charge on any atom is 0.177 e. The van der Waals surface area contributed by atoms with Crippen molar-refractivity contribution in [2.24, 2.45) is 0 Å². The smallest absolute Gasteiger partial charge is 0.177 e. The molecule has 0 N–H and O–H groups in total. The summed E-state index contributed by atoms with van der Waals surface area (Å²) < 4.78 is 20.5. The second kappa shape index (κ2) is 13.7. The van der Waals surface area contributed by atoms with Crippen LogP contribution in [0.15, 0.2) is 229 Å². The van der Waals surface area contributed by atoms with Crippen LogP contribution in [-0.2, 0) is 5.41 Å². The highest BCUT2D eigenvalue weighted by atomic mass is 16.6. The third-order valence-corrected chi connectivity index (χ3v) is 13.7. The van der Waals surface area contributed by atoms with Crippen molar-refractivity contribution in [1.29, 1.82) is 0 Å². The lowest BCUT2D eigenvalue weighted by molar-refractivity contribution is 0.360. The molecule has 0 fully saturated rings. The summed E-state index contributed by atoms with van der Waals surface area (Å²) in [5, 5.41) is 2.13. The van der Waals surface area contributed by atoms with Crippen molar-refractivity contribution in [2.45, 2.75) is 5.41 Å². The highest BCUT2D eigenvalue weighted by Crippen LogP contribution is 2.65. The van der Waals surface area contributed by atoms with Crippen LogP contribution < -0.4 is 14.4 Å². The van der Waals surface area contributed by atoms with Crippen LogP contribution in [0.3, 0.4) is 0 Å². The van der Waals surface area contributed by atoms with E-state index in [1.807, 2.05) is 18.2 Å². The third kappa shape index (κ3) is 5.13. The number of hydrogen-bond acceptors (Lipinski definition) is 4. The number of anilines is 3. The van der Waals surface area contributed by atoms with Gasteiger partial charge in [-0.05, 0) is 122 Å². The first-order valence-electron chi connectivity index (χ1n) is 22.2. The summed E-state index contributed by atoms with van der Waals surface area (Å²) in [6.45, 7) is 0. The lowest BCUT2D eigenvalue weighted by Crippen LogP contribution is -2.25. The molecule has 0 bridgehead atoms. The van der Waals surface area contributed by atoms with Gasteiger partial charge in [-0.3, -0.25) is 0 Å². The van der Waals surface area contributed by atoms with Crippen LogP contribution in [0, 0.1) is 0 Å². The van der Waals surface area contributed by atoms with Gasteiger partial charge in [-0.1, -0.05) is 164 Å². The second-order valence-corrected chi connectivity index (χ2v) is 17.1. The lowest BCUT2D eigenvalue weighted by Gasteiger charge is -2.31. The molecule has 0 saturated heterocycles. The van der Waals surface area contributed by atoms with E-state index >= 15 is 0 Å². The van der Waals surface area contributed by atoms with Gasteiger partial charge in [0.05, 0.1) is 16.5 Å². The van der Waals surface area contributed by atoms with Crippen molar-refractivity contribution in [3.63, 3.8) is 0 Å². The first-order chi connectivity index (χ1) is 32.2. The Kier molecular flexibility index (Phi) is 7.57. The van der Waals surface area contributed by atoms with Gasteiger partial charge in [-0.15, -0.1) is 0 Å². The van der Waals surface area contributed by atoms with Gasteiger partial charge in [0.1, 0.15) is 11.2 Å². The minimum Gasteiger partial charge on any atom is -0.456 e. The van der Waals surface area contributed by atoms with Gasteiger partial charge in [0.2, 0.25) is 0 Å². The van der Waals surface area contributed by atoms with Crippen LogP contribution in [0.2, 0.25) is 0 Å². The van der Waals surface area contributed by atoms with Gasteiger partial charge in [0, 0.05) is 22.3 Å². The van der Waals surface area contributed by atoms with Crippen molar-refractivity contribution in [1.82, 2.24) is 0 Å². The van der Waals surface area contributed by atoms with Gasteiger partial charge >= 0.3 is 0 Å². The highest BCUT2D eigenvalue weighted by Gasteiger charge is 2.52. The summed E-state index contributed by atoms with van der Waals surface area (Å²) in [4.78, 5) is 2.35. The van der Waals surface area contributed by atoms with Crippen LogP contribution in [0.1, 0.15) is 22.3 Å². The van der Waals surface area contributed by atoms with Crippen molar-refractivity contribution in [3.8, 4) is 67.5 Å². The van der Waals surface area contributed by atoms with Gasteiger partial charge in [0.15, 0.2) is 23.0 Å². The summed E-state index contributed by atoms with van der Waals surface area (Å²) in [6.07, 6.45) is 0. The molecule has 0 saturated carbocycles. The Morgan fingerprint density at radius 3 is 1.65 bits per heavy atom. The zero-order valence-corrected chi connectivity index (χ0v) is 35.0. The van der Waals surface area contributed by atoms with E-state index in [0.717, 1.165) is 61.3 Å². The normalized spacial score (nSPS) is 13.3. The van der Waals surface area contributed by atoms with Crippen LogP contribution in [0.25, 0.3) is 66.4 Å². The second-order valence-electron chi connectivity index (χ2n) is 17.1. The first-order valence-corrected chi connectivity index (χ1v) is 22.2. The van der Waals surface area contributed by atoms with Crippen LogP contribution in [0.5, 0.6) is 23.0 Å². The molecule has 2 heterocycles. The van der Waals surface area contributed by atoms with Gasteiger partial charge in [0.25, 0.3) is 0 Å². The molecule has 0 atom stereocenters. The molecule has 3 aliphatic rings. The number of ether oxygens (including phenoxy) is 2. The first kappa shape index (κ1) is 35.9. The van der Waals surface area contributed by atoms with Crippen molar-refractivity contribution < 1.29 is 13.9 Å². The van der Waals surface area contributed by atoms with E-state index in [-0.39, 0.29) is 0 Å². The Morgan fingerprint density at radius 1 is 0.338 bits per heavy atom. The van der Waals surface area contributed by atoms with Crippen molar-refractivity contribution in [3.05, 3.63) is 247 Å². The van der Waals surface area contributed by atoms with E-state index in [2.05, 4.69) is 211 Å². The van der Waals surface area contributed by atoms with Crippen molar-refractivity contribution >= 4 is 39.0 Å². The molecule has 4 heteroatoms. The van der Waals surface area contributed by atoms with E-state index in [0.29, 0.717) is 23.0 Å². The molecule has 1 spiro atoms. The maximum absolute atomic E-state index is 7.14. The summed E-state index contributed by atoms with van der Waals surface area (Å²) in [7, 11) is 0. The fraction of sp³-hybridized carbons (Fsp3) is 0.0164. The molecule has 304 valence electrons. The topological polar surface area (TPSA) is 34.8 Å². The van der Waals surface area contributed by atoms with Crippen LogP contribution >= 0.6 is 0 Å². The SMILES string of the molecule is c1ccc(-c2cccc(N(c3cccc(-c4cccc5c4Oc4cc6c(cc4O5)-c4ccccc4C64c5ccccc5-c5ccccc54)c3)c3cccc4oc5ccccc5c34)c2)cc1. The fourth-order valence-electron chi connectivity index (χ4n) is 11.1. The number of fused-ring (bicyclic) bond motifs is 15. The Bertz CT molecular complexity index is 3710. The quantitative estimate of drug-likeness (QED) is 0.173. The van der Waals surface area contributed by atoms with E-state index in [1.165, 1.54) is 44.5 Å². The average Bonchev–Trinajstić information content (AvgIpc) is 4.00. The number of furan rings is 1. The summed E-state index contributed by atoms with van der Waals surface area (Å²) in [6, 6.07) is 79.9. The largest absolute Gasteiger partial charge is 0.456 e. The van der Waals surface area contributed by atoms with E-state index in [9.17, 15) is 0 Å². The fourth-order valence-corrected chi connectivity index (χ4v) is 11.1. The van der Waals surface area contributed by atoms with E-state index < -0.39 is 5.41 Å². The highest BCUT2D eigenvalue weighted by molar-refractivity contribution is 6.13. The molecule has 1 aliphatic heterocycles.